The van der Waals surface area contributed by atoms with E-state index in [-0.39, 0.29) is 11.4 Å². The molecular weight excluding hydrogens is 419 g/mol. The van der Waals surface area contributed by atoms with Crippen LogP contribution in [0.25, 0.3) is 11.3 Å². The number of alkyl halides is 3. The van der Waals surface area contributed by atoms with Crippen molar-refractivity contribution < 1.29 is 22.7 Å². The molecule has 0 bridgehead atoms. The molecule has 0 aliphatic heterocycles. The molecule has 2 aromatic heterocycles. The molecule has 30 heavy (non-hydrogen) atoms. The summed E-state index contributed by atoms with van der Waals surface area (Å²) in [5, 5.41) is 1.78. The molecule has 0 radical (unpaired) electrons. The standard InChI is InChI=1S/C19H18F3N5O2S/c1-12-9-25-15(10-24-12)17(28)26-18-27(8-2-7-23)16(11-30-18)13-3-5-14(6-4-13)29-19(20,21)22/h3-6,9-11H,2,7-8,23H2,1H3. The molecule has 0 aliphatic rings. The Morgan fingerprint density at radius 1 is 1.23 bits per heavy atom. The molecule has 3 rings (SSSR count). The Hall–Kier alpha value is -3.05. The van der Waals surface area contributed by atoms with Gasteiger partial charge in [0.25, 0.3) is 5.91 Å². The van der Waals surface area contributed by atoms with Crippen molar-refractivity contribution in [3.05, 3.63) is 58.2 Å². The summed E-state index contributed by atoms with van der Waals surface area (Å²) in [4.78, 5) is 25.1. The van der Waals surface area contributed by atoms with Crippen molar-refractivity contribution in [3.63, 3.8) is 0 Å². The lowest BCUT2D eigenvalue weighted by molar-refractivity contribution is -0.274. The summed E-state index contributed by atoms with van der Waals surface area (Å²) in [6, 6.07) is 5.49. The number of hydrogen-bond donors (Lipinski definition) is 1. The Labute approximate surface area is 173 Å². The van der Waals surface area contributed by atoms with Gasteiger partial charge < -0.3 is 15.0 Å². The third-order valence-electron chi connectivity index (χ3n) is 3.96. The van der Waals surface area contributed by atoms with Crippen LogP contribution in [-0.4, -0.2) is 33.3 Å². The molecule has 2 heterocycles. The van der Waals surface area contributed by atoms with Crippen LogP contribution in [0.5, 0.6) is 5.75 Å². The Morgan fingerprint density at radius 3 is 2.57 bits per heavy atom. The third-order valence-corrected chi connectivity index (χ3v) is 4.83. The molecule has 2 N–H and O–H groups in total. The summed E-state index contributed by atoms with van der Waals surface area (Å²) < 4.78 is 42.8. The highest BCUT2D eigenvalue weighted by molar-refractivity contribution is 7.07. The Morgan fingerprint density at radius 2 is 1.97 bits per heavy atom. The molecule has 0 saturated carbocycles. The maximum absolute atomic E-state index is 12.5. The monoisotopic (exact) mass is 437 g/mol. The molecule has 158 valence electrons. The fraction of sp³-hybridized carbons (Fsp3) is 0.263. The van der Waals surface area contributed by atoms with Crippen LogP contribution in [0.3, 0.4) is 0 Å². The summed E-state index contributed by atoms with van der Waals surface area (Å²) in [7, 11) is 0. The van der Waals surface area contributed by atoms with Crippen LogP contribution in [0.2, 0.25) is 0 Å². The van der Waals surface area contributed by atoms with Crippen LogP contribution in [0.4, 0.5) is 13.2 Å². The summed E-state index contributed by atoms with van der Waals surface area (Å²) >= 11 is 1.24. The number of ether oxygens (including phenoxy) is 1. The average Bonchev–Trinajstić information content (AvgIpc) is 3.08. The minimum Gasteiger partial charge on any atom is -0.406 e. The van der Waals surface area contributed by atoms with Gasteiger partial charge in [-0.1, -0.05) is 0 Å². The van der Waals surface area contributed by atoms with Gasteiger partial charge in [-0.05, 0) is 49.7 Å². The lowest BCUT2D eigenvalue weighted by atomic mass is 10.1. The fourth-order valence-electron chi connectivity index (χ4n) is 2.59. The largest absolute Gasteiger partial charge is 0.573 e. The van der Waals surface area contributed by atoms with Gasteiger partial charge in [0.1, 0.15) is 11.4 Å². The molecule has 0 aliphatic carbocycles. The number of benzene rings is 1. The van der Waals surface area contributed by atoms with Crippen molar-refractivity contribution >= 4 is 17.2 Å². The highest BCUT2D eigenvalue weighted by Crippen LogP contribution is 2.27. The molecule has 3 aromatic rings. The zero-order valence-electron chi connectivity index (χ0n) is 15.9. The lowest BCUT2D eigenvalue weighted by Crippen LogP contribution is -2.20. The van der Waals surface area contributed by atoms with Gasteiger partial charge in [-0.25, -0.2) is 4.98 Å². The first kappa shape index (κ1) is 21.7. The summed E-state index contributed by atoms with van der Waals surface area (Å²) in [6.07, 6.45) is -1.28. The first-order valence-electron chi connectivity index (χ1n) is 8.89. The van der Waals surface area contributed by atoms with E-state index in [0.29, 0.717) is 41.3 Å². The number of aromatic nitrogens is 3. The number of amides is 1. The van der Waals surface area contributed by atoms with E-state index in [2.05, 4.69) is 19.7 Å². The minimum absolute atomic E-state index is 0.120. The van der Waals surface area contributed by atoms with E-state index in [1.807, 2.05) is 0 Å². The summed E-state index contributed by atoms with van der Waals surface area (Å²) in [5.41, 5.74) is 7.78. The molecular formula is C19H18F3N5O2S. The van der Waals surface area contributed by atoms with Crippen LogP contribution in [0.15, 0.2) is 47.0 Å². The molecule has 0 saturated heterocycles. The van der Waals surface area contributed by atoms with Crippen LogP contribution >= 0.6 is 11.3 Å². The molecule has 1 aromatic carbocycles. The average molecular weight is 437 g/mol. The molecule has 1 amide bonds. The topological polar surface area (TPSA) is 95.4 Å². The maximum Gasteiger partial charge on any atom is 0.573 e. The summed E-state index contributed by atoms with van der Waals surface area (Å²) in [6.45, 7) is 2.68. The van der Waals surface area contributed by atoms with E-state index in [1.54, 1.807) is 16.9 Å². The third kappa shape index (κ3) is 5.51. The number of aryl methyl sites for hydroxylation is 1. The predicted octanol–water partition coefficient (Wildman–Crippen LogP) is 3.30. The van der Waals surface area contributed by atoms with Gasteiger partial charge in [0.05, 0.1) is 17.6 Å². The Bertz CT molecular complexity index is 1070. The van der Waals surface area contributed by atoms with Gasteiger partial charge in [0.2, 0.25) is 0 Å². The Kier molecular flexibility index (Phi) is 6.63. The van der Waals surface area contributed by atoms with Gasteiger partial charge in [-0.15, -0.1) is 24.5 Å². The second-order valence-corrected chi connectivity index (χ2v) is 7.07. The summed E-state index contributed by atoms with van der Waals surface area (Å²) in [5.74, 6) is -0.848. The van der Waals surface area contributed by atoms with Crippen molar-refractivity contribution in [2.45, 2.75) is 26.3 Å². The smallest absolute Gasteiger partial charge is 0.406 e. The van der Waals surface area contributed by atoms with Crippen LogP contribution < -0.4 is 15.3 Å². The lowest BCUT2D eigenvalue weighted by Gasteiger charge is -2.11. The van der Waals surface area contributed by atoms with E-state index in [4.69, 9.17) is 5.73 Å². The molecule has 7 nitrogen and oxygen atoms in total. The van der Waals surface area contributed by atoms with E-state index in [9.17, 15) is 18.0 Å². The number of nitrogens with two attached hydrogens (primary N) is 1. The van der Waals surface area contributed by atoms with Gasteiger partial charge in [0.15, 0.2) is 4.80 Å². The fourth-order valence-corrected chi connectivity index (χ4v) is 3.52. The van der Waals surface area contributed by atoms with Gasteiger partial charge in [0, 0.05) is 18.1 Å². The highest BCUT2D eigenvalue weighted by Gasteiger charge is 2.31. The van der Waals surface area contributed by atoms with Gasteiger partial charge >= 0.3 is 6.36 Å². The van der Waals surface area contributed by atoms with Crippen LogP contribution in [0.1, 0.15) is 22.6 Å². The van der Waals surface area contributed by atoms with Crippen LogP contribution in [0, 0.1) is 6.92 Å². The van der Waals surface area contributed by atoms with Crippen molar-refractivity contribution in [3.8, 4) is 17.0 Å². The first-order valence-corrected chi connectivity index (χ1v) is 9.77. The van der Waals surface area contributed by atoms with E-state index < -0.39 is 12.3 Å². The minimum atomic E-state index is -4.75. The number of thiazole rings is 1. The van der Waals surface area contributed by atoms with E-state index in [0.717, 1.165) is 0 Å². The van der Waals surface area contributed by atoms with Gasteiger partial charge in [-0.3, -0.25) is 9.78 Å². The quantitative estimate of drug-likeness (QED) is 0.638. The van der Waals surface area contributed by atoms with Gasteiger partial charge in [-0.2, -0.15) is 4.99 Å². The van der Waals surface area contributed by atoms with Crippen molar-refractivity contribution in [1.82, 2.24) is 14.5 Å². The van der Waals surface area contributed by atoms with Crippen molar-refractivity contribution in [1.29, 1.82) is 0 Å². The normalized spacial score (nSPS) is 12.2. The zero-order chi connectivity index (χ0) is 21.7. The van der Waals surface area contributed by atoms with Crippen LogP contribution in [-0.2, 0) is 6.54 Å². The van der Waals surface area contributed by atoms with Crippen molar-refractivity contribution in [2.75, 3.05) is 6.54 Å². The maximum atomic E-state index is 12.5. The number of halogens is 3. The molecule has 0 atom stereocenters. The zero-order valence-corrected chi connectivity index (χ0v) is 16.7. The number of carbonyl (C=O) groups excluding carboxylic acids is 1. The second kappa shape index (κ2) is 9.18. The molecule has 0 fully saturated rings. The number of nitrogens with zero attached hydrogens (tertiary/aromatic N) is 4. The SMILES string of the molecule is Cc1cnc(C(=O)N=c2scc(-c3ccc(OC(F)(F)F)cc3)n2CCCN)cn1. The van der Waals surface area contributed by atoms with E-state index >= 15 is 0 Å². The molecule has 0 spiro atoms. The first-order chi connectivity index (χ1) is 14.3. The second-order valence-electron chi connectivity index (χ2n) is 6.23. The molecule has 0 unspecified atom stereocenters. The highest BCUT2D eigenvalue weighted by atomic mass is 32.1. The predicted molar refractivity (Wildman–Crippen MR) is 105 cm³/mol. The number of carbonyl (C=O) groups is 1. The molecule has 11 heteroatoms. The number of rotatable bonds is 6. The Balaban J connectivity index is 1.95. The van der Waals surface area contributed by atoms with E-state index in [1.165, 1.54) is 48.0 Å². The number of hydrogen-bond acceptors (Lipinski definition) is 6. The van der Waals surface area contributed by atoms with Crippen molar-refractivity contribution in [2.24, 2.45) is 10.7 Å².